The number of anilines is 4. The minimum atomic E-state index is -0.622. The predicted octanol–water partition coefficient (Wildman–Crippen LogP) is 3.80. The van der Waals surface area contributed by atoms with Gasteiger partial charge in [-0.25, -0.2) is 15.0 Å². The fraction of sp³-hybridized carbons (Fsp3) is 0.407. The molecular formula is C27H31N7O3S. The summed E-state index contributed by atoms with van der Waals surface area (Å²) in [4.78, 5) is 27.8. The van der Waals surface area contributed by atoms with E-state index in [2.05, 4.69) is 26.3 Å². The fourth-order valence-corrected chi connectivity index (χ4v) is 6.10. The Hall–Kier alpha value is -3.54. The average molecular weight is 534 g/mol. The highest BCUT2D eigenvalue weighted by Crippen LogP contribution is 2.33. The first-order valence-electron chi connectivity index (χ1n) is 13.0. The van der Waals surface area contributed by atoms with Crippen LogP contribution in [0.5, 0.6) is 0 Å². The molecule has 0 unspecified atom stereocenters. The number of pyridine rings is 1. The van der Waals surface area contributed by atoms with Crippen molar-refractivity contribution in [2.24, 2.45) is 0 Å². The monoisotopic (exact) mass is 533 g/mol. The molecule has 1 saturated heterocycles. The molecule has 198 valence electrons. The van der Waals surface area contributed by atoms with Gasteiger partial charge in [0, 0.05) is 30.7 Å². The number of nitrogens with zero attached hydrogens (tertiary/aromatic N) is 5. The molecular weight excluding hydrogens is 502 g/mol. The highest BCUT2D eigenvalue weighted by Gasteiger charge is 2.29. The zero-order valence-corrected chi connectivity index (χ0v) is 22.0. The molecule has 0 bridgehead atoms. The number of aryl methyl sites for hydroxylation is 1. The summed E-state index contributed by atoms with van der Waals surface area (Å²) in [6, 6.07) is 10.1. The van der Waals surface area contributed by atoms with Crippen molar-refractivity contribution in [2.75, 3.05) is 22.1 Å². The van der Waals surface area contributed by atoms with Gasteiger partial charge in [-0.1, -0.05) is 11.3 Å². The van der Waals surface area contributed by atoms with E-state index in [1.54, 1.807) is 11.1 Å². The molecule has 11 heteroatoms. The topological polar surface area (TPSA) is 128 Å². The van der Waals surface area contributed by atoms with E-state index in [0.717, 1.165) is 58.8 Å². The number of β-amino-alcohol motifs (C(OH)–C–C–N with tert-alkyl or cyclic N) is 1. The summed E-state index contributed by atoms with van der Waals surface area (Å²) in [6.07, 6.45) is 6.51. The first-order chi connectivity index (χ1) is 18.4. The highest BCUT2D eigenvalue weighted by molar-refractivity contribution is 7.22. The second kappa shape index (κ2) is 10.3. The van der Waals surface area contributed by atoms with Crippen LogP contribution >= 0.6 is 11.3 Å². The van der Waals surface area contributed by atoms with Crippen LogP contribution in [0.25, 0.3) is 10.2 Å². The molecule has 6 rings (SSSR count). The van der Waals surface area contributed by atoms with Gasteiger partial charge in [0.1, 0.15) is 17.5 Å². The molecule has 3 aromatic heterocycles. The first-order valence-corrected chi connectivity index (χ1v) is 13.8. The molecule has 1 amide bonds. The normalized spacial score (nSPS) is 21.8. The quantitative estimate of drug-likeness (QED) is 0.282. The van der Waals surface area contributed by atoms with Gasteiger partial charge in [-0.2, -0.15) is 0 Å². The Bertz CT molecular complexity index is 1460. The van der Waals surface area contributed by atoms with Gasteiger partial charge >= 0.3 is 0 Å². The SMILES string of the molecule is Cc1nccn1Cc1cc(Nc2nc3ccc(N4C[C@@H](O)CC4=O)cc3s2)nc(N[C@H]2CC[C@H](O)CC2)c1. The van der Waals surface area contributed by atoms with Crippen LogP contribution < -0.4 is 15.5 Å². The maximum Gasteiger partial charge on any atom is 0.229 e. The van der Waals surface area contributed by atoms with Gasteiger partial charge in [0.2, 0.25) is 5.91 Å². The number of carbonyl (C=O) groups excluding carboxylic acids is 1. The van der Waals surface area contributed by atoms with Gasteiger partial charge < -0.3 is 30.3 Å². The number of nitrogens with one attached hydrogen (secondary N) is 2. The maximum atomic E-state index is 12.2. The number of benzene rings is 1. The van der Waals surface area contributed by atoms with Crippen molar-refractivity contribution in [3.8, 4) is 0 Å². The molecule has 1 saturated carbocycles. The van der Waals surface area contributed by atoms with Gasteiger partial charge in [0.15, 0.2) is 5.13 Å². The molecule has 0 radical (unpaired) electrons. The van der Waals surface area contributed by atoms with Gasteiger partial charge in [-0.05, 0) is 68.5 Å². The molecule has 10 nitrogen and oxygen atoms in total. The summed E-state index contributed by atoms with van der Waals surface area (Å²) in [5.41, 5.74) is 2.68. The van der Waals surface area contributed by atoms with Crippen molar-refractivity contribution in [3.63, 3.8) is 0 Å². The number of aliphatic hydroxyl groups excluding tert-OH is 2. The van der Waals surface area contributed by atoms with Crippen molar-refractivity contribution in [2.45, 2.75) is 63.8 Å². The van der Waals surface area contributed by atoms with Crippen LogP contribution in [0.4, 0.5) is 22.5 Å². The second-order valence-electron chi connectivity index (χ2n) is 10.2. The van der Waals surface area contributed by atoms with E-state index in [4.69, 9.17) is 9.97 Å². The van der Waals surface area contributed by atoms with Crippen molar-refractivity contribution in [1.29, 1.82) is 0 Å². The van der Waals surface area contributed by atoms with Crippen LogP contribution in [0.2, 0.25) is 0 Å². The second-order valence-corrected chi connectivity index (χ2v) is 11.2. The standard InChI is InChI=1S/C27H31N7O3S/c1-16-28-8-9-33(16)14-17-10-24(29-18-2-5-20(35)6-3-18)31-25(11-17)32-27-30-22-7-4-19(12-23(22)38-27)34-15-21(36)13-26(34)37/h4,7-12,18,20-21,35-36H,2-3,5-6,13-15H2,1H3,(H2,29,30,31,32)/t18-,20-,21-/m0/s1. The summed E-state index contributed by atoms with van der Waals surface area (Å²) >= 11 is 1.50. The number of fused-ring (bicyclic) bond motifs is 1. The summed E-state index contributed by atoms with van der Waals surface area (Å²) in [6.45, 7) is 2.97. The van der Waals surface area contributed by atoms with Crippen LogP contribution in [0.3, 0.4) is 0 Å². The Morgan fingerprint density at radius 3 is 2.61 bits per heavy atom. The number of imidazole rings is 1. The number of hydrogen-bond acceptors (Lipinski definition) is 9. The zero-order chi connectivity index (χ0) is 26.2. The third kappa shape index (κ3) is 5.35. The Morgan fingerprint density at radius 2 is 1.87 bits per heavy atom. The number of carbonyl (C=O) groups is 1. The summed E-state index contributed by atoms with van der Waals surface area (Å²) in [5, 5.41) is 27.4. The number of hydrogen-bond donors (Lipinski definition) is 4. The van der Waals surface area contributed by atoms with Crippen LogP contribution in [0, 0.1) is 6.92 Å². The minimum absolute atomic E-state index is 0.0682. The minimum Gasteiger partial charge on any atom is -0.393 e. The number of amides is 1. The van der Waals surface area contributed by atoms with Crippen LogP contribution in [0.1, 0.15) is 43.5 Å². The highest BCUT2D eigenvalue weighted by atomic mass is 32.1. The molecule has 38 heavy (non-hydrogen) atoms. The van der Waals surface area contributed by atoms with E-state index < -0.39 is 6.10 Å². The molecule has 2 aliphatic rings. The summed E-state index contributed by atoms with van der Waals surface area (Å²) in [7, 11) is 0. The van der Waals surface area contributed by atoms with Crippen LogP contribution in [-0.2, 0) is 11.3 Å². The third-order valence-corrected chi connectivity index (χ3v) is 8.17. The lowest BCUT2D eigenvalue weighted by Gasteiger charge is -2.27. The summed E-state index contributed by atoms with van der Waals surface area (Å²) in [5.74, 6) is 2.36. The zero-order valence-electron chi connectivity index (χ0n) is 21.2. The van der Waals surface area contributed by atoms with E-state index >= 15 is 0 Å². The largest absolute Gasteiger partial charge is 0.393 e. The summed E-state index contributed by atoms with van der Waals surface area (Å²) < 4.78 is 3.04. The number of aromatic nitrogens is 4. The van der Waals surface area contributed by atoms with E-state index in [0.29, 0.717) is 24.0 Å². The first kappa shape index (κ1) is 24.8. The molecule has 1 aliphatic carbocycles. The van der Waals surface area contributed by atoms with Crippen LogP contribution in [-0.4, -0.2) is 60.4 Å². The van der Waals surface area contributed by atoms with E-state index in [-0.39, 0.29) is 24.5 Å². The predicted molar refractivity (Wildman–Crippen MR) is 148 cm³/mol. The molecule has 4 heterocycles. The van der Waals surface area contributed by atoms with Gasteiger partial charge in [0.25, 0.3) is 0 Å². The Balaban J connectivity index is 1.26. The Kier molecular flexibility index (Phi) is 6.73. The van der Waals surface area contributed by atoms with Crippen LogP contribution in [0.15, 0.2) is 42.7 Å². The van der Waals surface area contributed by atoms with Gasteiger partial charge in [-0.3, -0.25) is 4.79 Å². The molecule has 2 fully saturated rings. The molecule has 1 aliphatic heterocycles. The third-order valence-electron chi connectivity index (χ3n) is 7.23. The Morgan fingerprint density at radius 1 is 1.05 bits per heavy atom. The van der Waals surface area contributed by atoms with E-state index in [1.165, 1.54) is 11.3 Å². The Labute approximate surface area is 224 Å². The maximum absolute atomic E-state index is 12.2. The molecule has 1 atom stereocenters. The van der Waals surface area contributed by atoms with Crippen molar-refractivity contribution in [1.82, 2.24) is 19.5 Å². The lowest BCUT2D eigenvalue weighted by atomic mass is 9.93. The number of thiazole rings is 1. The van der Waals surface area contributed by atoms with Gasteiger partial charge in [-0.15, -0.1) is 0 Å². The number of rotatable bonds is 7. The molecule has 4 aromatic rings. The van der Waals surface area contributed by atoms with Crippen molar-refractivity contribution >= 4 is 49.9 Å². The number of aliphatic hydroxyl groups is 2. The smallest absolute Gasteiger partial charge is 0.229 e. The van der Waals surface area contributed by atoms with E-state index in [1.807, 2.05) is 37.4 Å². The average Bonchev–Trinajstić information content (AvgIpc) is 3.57. The molecule has 1 aromatic carbocycles. The lowest BCUT2D eigenvalue weighted by Crippen LogP contribution is -2.28. The van der Waals surface area contributed by atoms with Gasteiger partial charge in [0.05, 0.1) is 35.4 Å². The fourth-order valence-electron chi connectivity index (χ4n) is 5.20. The van der Waals surface area contributed by atoms with Crippen molar-refractivity contribution < 1.29 is 15.0 Å². The molecule has 4 N–H and O–H groups in total. The molecule has 0 spiro atoms. The van der Waals surface area contributed by atoms with E-state index in [9.17, 15) is 15.0 Å². The lowest BCUT2D eigenvalue weighted by molar-refractivity contribution is -0.117. The van der Waals surface area contributed by atoms with Crippen molar-refractivity contribution in [3.05, 3.63) is 54.1 Å².